The van der Waals surface area contributed by atoms with Gasteiger partial charge in [-0.1, -0.05) is 152 Å². The zero-order valence-electron chi connectivity index (χ0n) is 23.3. The lowest BCUT2D eigenvalue weighted by atomic mass is 9.84. The second-order valence-electron chi connectivity index (χ2n) is 7.62. The normalized spacial score (nSPS) is 20.3. The first-order valence-electron chi connectivity index (χ1n) is 13.2. The fourth-order valence-corrected chi connectivity index (χ4v) is 3.86. The number of halogens is 2. The first kappa shape index (κ1) is 48.3. The van der Waals surface area contributed by atoms with E-state index in [1.807, 2.05) is 41.5 Å². The second-order valence-corrected chi connectivity index (χ2v) is 7.62. The summed E-state index contributed by atoms with van der Waals surface area (Å²) in [6.07, 6.45) is 23.9. The lowest BCUT2D eigenvalue weighted by Gasteiger charge is -2.22. The van der Waals surface area contributed by atoms with Gasteiger partial charge in [0.15, 0.2) is 0 Å². The molecule has 2 atom stereocenters. The van der Waals surface area contributed by atoms with Gasteiger partial charge in [0.1, 0.15) is 0 Å². The Kier molecular flexibility index (Phi) is 81.0. The van der Waals surface area contributed by atoms with Crippen molar-refractivity contribution in [1.82, 2.24) is 0 Å². The standard InChI is InChI=1S/C8H16.2C6H12.3C2H6.CH3F.FH.2H2O.H2/c1-7-4-3-5-8(2)6-7;2*1-2-4-6-5-3-1;4*1-2;;;;/h7-8H,3-6H2,1-2H3;2*1-6H2;3*1-2H3;1H3;1H;2*1H2;1H. The number of hydrogen-bond donors (Lipinski definition) is 0. The molecule has 3 fully saturated rings. The Bertz CT molecular complexity index is 173. The van der Waals surface area contributed by atoms with Crippen LogP contribution in [0.25, 0.3) is 0 Å². The van der Waals surface area contributed by atoms with Gasteiger partial charge < -0.3 is 11.0 Å². The molecule has 0 bridgehead atoms. The summed E-state index contributed by atoms with van der Waals surface area (Å²) in [5, 5.41) is 0. The molecule has 0 aromatic heterocycles. The second kappa shape index (κ2) is 52.0. The summed E-state index contributed by atoms with van der Waals surface area (Å²) in [5.41, 5.74) is 0. The maximum Gasteiger partial charge on any atom is 0.0785 e. The van der Waals surface area contributed by atoms with Crippen LogP contribution in [-0.4, -0.2) is 18.1 Å². The van der Waals surface area contributed by atoms with Crippen LogP contribution in [0.5, 0.6) is 0 Å². The summed E-state index contributed by atoms with van der Waals surface area (Å²) in [6.45, 7) is 16.7. The Morgan fingerprint density at radius 3 is 0.710 bits per heavy atom. The lowest BCUT2D eigenvalue weighted by Crippen LogP contribution is -2.09. The average molecular weight is 463 g/mol. The topological polar surface area (TPSA) is 63.0 Å². The van der Waals surface area contributed by atoms with Crippen molar-refractivity contribution in [2.24, 2.45) is 11.8 Å². The average Bonchev–Trinajstić information content (AvgIpc) is 2.82. The van der Waals surface area contributed by atoms with Crippen LogP contribution in [0.1, 0.15) is 160 Å². The molecule has 2 unspecified atom stereocenters. The van der Waals surface area contributed by atoms with E-state index in [4.69, 9.17) is 0 Å². The van der Waals surface area contributed by atoms with Crippen LogP contribution >= 0.6 is 0 Å². The zero-order chi connectivity index (χ0) is 22.5. The Morgan fingerprint density at radius 2 is 0.613 bits per heavy atom. The van der Waals surface area contributed by atoms with E-state index in [0.29, 0.717) is 7.18 Å². The third-order valence-corrected chi connectivity index (χ3v) is 5.20. The largest absolute Gasteiger partial charge is 0.412 e. The molecule has 0 radical (unpaired) electrons. The molecule has 202 valence electrons. The van der Waals surface area contributed by atoms with Gasteiger partial charge in [-0.25, -0.2) is 0 Å². The lowest BCUT2D eigenvalue weighted by molar-refractivity contribution is 0.301. The summed E-state index contributed by atoms with van der Waals surface area (Å²) in [7, 11) is 0.500. The van der Waals surface area contributed by atoms with Gasteiger partial charge in [-0.3, -0.25) is 9.09 Å². The molecule has 2 nitrogen and oxygen atoms in total. The molecule has 0 aliphatic heterocycles. The molecular formula is C27H68F2O2. The van der Waals surface area contributed by atoms with Crippen LogP contribution in [-0.2, 0) is 0 Å². The predicted octanol–water partition coefficient (Wildman–Crippen LogP) is 9.93. The Morgan fingerprint density at radius 1 is 0.452 bits per heavy atom. The first-order chi connectivity index (χ1) is 13.8. The molecule has 31 heavy (non-hydrogen) atoms. The smallest absolute Gasteiger partial charge is 0.0785 e. The van der Waals surface area contributed by atoms with Crippen LogP contribution in [0.3, 0.4) is 0 Å². The van der Waals surface area contributed by atoms with E-state index in [1.165, 1.54) is 103 Å². The summed E-state index contributed by atoms with van der Waals surface area (Å²) in [4.78, 5) is 0. The van der Waals surface area contributed by atoms with Crippen LogP contribution < -0.4 is 0 Å². The fraction of sp³-hybridized carbons (Fsp3) is 1.00. The summed E-state index contributed by atoms with van der Waals surface area (Å²) in [5.74, 6) is 2.03. The van der Waals surface area contributed by atoms with Gasteiger partial charge >= 0.3 is 0 Å². The minimum absolute atomic E-state index is 0. The Hall–Kier alpha value is -0.220. The van der Waals surface area contributed by atoms with Crippen molar-refractivity contribution < 1.29 is 21.5 Å². The molecule has 4 heteroatoms. The van der Waals surface area contributed by atoms with Gasteiger partial charge in [-0.05, 0) is 18.3 Å². The van der Waals surface area contributed by atoms with Crippen molar-refractivity contribution >= 4 is 0 Å². The minimum atomic E-state index is 0. The molecule has 0 heterocycles. The molecular weight excluding hydrogens is 394 g/mol. The van der Waals surface area contributed by atoms with Crippen molar-refractivity contribution in [2.45, 2.75) is 158 Å². The van der Waals surface area contributed by atoms with Crippen LogP contribution in [0, 0.1) is 11.8 Å². The van der Waals surface area contributed by atoms with Crippen LogP contribution in [0.4, 0.5) is 9.09 Å². The molecule has 0 amide bonds. The third kappa shape index (κ3) is 48.4. The molecule has 3 rings (SSSR count). The minimum Gasteiger partial charge on any atom is -0.412 e. The van der Waals surface area contributed by atoms with Gasteiger partial charge in [0.25, 0.3) is 0 Å². The molecule has 4 N–H and O–H groups in total. The predicted molar refractivity (Wildman–Crippen MR) is 145 cm³/mol. The number of rotatable bonds is 0. The fourth-order valence-electron chi connectivity index (χ4n) is 3.86. The highest BCUT2D eigenvalue weighted by molar-refractivity contribution is 4.66. The van der Waals surface area contributed by atoms with Crippen molar-refractivity contribution in [3.63, 3.8) is 0 Å². The SMILES string of the molecule is C1CCCCC1.C1CCCCC1.CC.CC.CC.CC1CCCC(C)C1.CF.F.O.O.[HH]. The monoisotopic (exact) mass is 463 g/mol. The molecule has 0 aromatic carbocycles. The molecule has 0 saturated heterocycles. The van der Waals surface area contributed by atoms with E-state index in [-0.39, 0.29) is 17.1 Å². The van der Waals surface area contributed by atoms with E-state index in [1.54, 1.807) is 0 Å². The van der Waals surface area contributed by atoms with Crippen molar-refractivity contribution in [3.8, 4) is 0 Å². The number of alkyl halides is 1. The summed E-state index contributed by atoms with van der Waals surface area (Å²) >= 11 is 0. The Labute approximate surface area is 199 Å². The van der Waals surface area contributed by atoms with E-state index in [9.17, 15) is 4.39 Å². The van der Waals surface area contributed by atoms with Crippen LogP contribution in [0.15, 0.2) is 0 Å². The van der Waals surface area contributed by atoms with Crippen LogP contribution in [0.2, 0.25) is 0 Å². The van der Waals surface area contributed by atoms with E-state index in [0.717, 1.165) is 11.8 Å². The molecule has 0 spiro atoms. The van der Waals surface area contributed by atoms with Gasteiger partial charge in [0.05, 0.1) is 7.18 Å². The van der Waals surface area contributed by atoms with Gasteiger partial charge in [0, 0.05) is 1.43 Å². The number of hydrogen-bond acceptors (Lipinski definition) is 0. The highest BCUT2D eigenvalue weighted by Gasteiger charge is 2.13. The van der Waals surface area contributed by atoms with Gasteiger partial charge in [0.2, 0.25) is 0 Å². The molecule has 3 aliphatic rings. The quantitative estimate of drug-likeness (QED) is 0.344. The van der Waals surface area contributed by atoms with Crippen molar-refractivity contribution in [2.75, 3.05) is 7.18 Å². The zero-order valence-corrected chi connectivity index (χ0v) is 23.3. The van der Waals surface area contributed by atoms with E-state index >= 15 is 0 Å². The van der Waals surface area contributed by atoms with Gasteiger partial charge in [-0.15, -0.1) is 0 Å². The first-order valence-corrected chi connectivity index (χ1v) is 13.2. The maximum atomic E-state index is 9.50. The van der Waals surface area contributed by atoms with Gasteiger partial charge in [-0.2, -0.15) is 0 Å². The summed E-state index contributed by atoms with van der Waals surface area (Å²) in [6, 6.07) is 0. The molecule has 3 aliphatic carbocycles. The van der Waals surface area contributed by atoms with Crippen molar-refractivity contribution in [1.29, 1.82) is 0 Å². The van der Waals surface area contributed by atoms with E-state index in [2.05, 4.69) is 13.8 Å². The van der Waals surface area contributed by atoms with E-state index < -0.39 is 0 Å². The highest BCUT2D eigenvalue weighted by atomic mass is 19.1. The maximum absolute atomic E-state index is 9.50. The third-order valence-electron chi connectivity index (χ3n) is 5.20. The molecule has 3 saturated carbocycles. The highest BCUT2D eigenvalue weighted by Crippen LogP contribution is 2.27. The summed E-state index contributed by atoms with van der Waals surface area (Å²) < 4.78 is 9.50. The molecule has 0 aromatic rings. The van der Waals surface area contributed by atoms with Crippen molar-refractivity contribution in [3.05, 3.63) is 0 Å². The Balaban J connectivity index is -0.0000000371.